The molecule has 0 atom stereocenters. The Morgan fingerprint density at radius 1 is 1.37 bits per heavy atom. The van der Waals surface area contributed by atoms with Crippen molar-refractivity contribution in [2.24, 2.45) is 10.9 Å². The van der Waals surface area contributed by atoms with Crippen LogP contribution in [0.15, 0.2) is 34.2 Å². The molecule has 0 bridgehead atoms. The van der Waals surface area contributed by atoms with E-state index in [0.717, 1.165) is 19.1 Å². The Morgan fingerprint density at radius 3 is 2.74 bits per heavy atom. The third kappa shape index (κ3) is 8.95. The molecule has 1 aromatic rings. The zero-order chi connectivity index (χ0) is 19.0. The highest BCUT2D eigenvalue weighted by Crippen LogP contribution is 2.28. The molecule has 0 radical (unpaired) electrons. The number of ether oxygens (including phenoxy) is 1. The van der Waals surface area contributed by atoms with Crippen LogP contribution >= 0.6 is 35.6 Å². The number of halogens is 2. The fourth-order valence-electron chi connectivity index (χ4n) is 2.30. The van der Waals surface area contributed by atoms with Crippen molar-refractivity contribution in [3.8, 4) is 0 Å². The lowest BCUT2D eigenvalue weighted by atomic mass is 10.4. The number of nitrogens with zero attached hydrogens (tertiary/aromatic N) is 2. The number of likely N-dealkylation sites (N-methyl/N-ethyl adjacent to an activating group) is 1. The van der Waals surface area contributed by atoms with Crippen molar-refractivity contribution >= 4 is 51.6 Å². The molecule has 0 heterocycles. The summed E-state index contributed by atoms with van der Waals surface area (Å²) in [6.07, 6.45) is 2.56. The van der Waals surface area contributed by atoms with Crippen LogP contribution in [0.2, 0.25) is 5.02 Å². The van der Waals surface area contributed by atoms with Crippen LogP contribution in [0, 0.1) is 5.92 Å². The normalized spacial score (nSPS) is 14.6. The number of sulfonamides is 1. The minimum Gasteiger partial charge on any atom is -0.379 e. The van der Waals surface area contributed by atoms with Gasteiger partial charge in [0.05, 0.1) is 11.5 Å². The highest BCUT2D eigenvalue weighted by atomic mass is 127. The molecule has 1 aliphatic carbocycles. The maximum absolute atomic E-state index is 12.2. The molecule has 154 valence electrons. The summed E-state index contributed by atoms with van der Waals surface area (Å²) in [5.41, 5.74) is 0. The Bertz CT molecular complexity index is 714. The first-order valence-corrected chi connectivity index (χ1v) is 10.5. The van der Waals surface area contributed by atoms with Gasteiger partial charge in [-0.2, -0.15) is 0 Å². The summed E-state index contributed by atoms with van der Waals surface area (Å²) in [7, 11) is 0.0416. The average Bonchev–Trinajstić information content (AvgIpc) is 3.43. The fourth-order valence-corrected chi connectivity index (χ4v) is 3.64. The zero-order valence-electron chi connectivity index (χ0n) is 15.7. The SMILES string of the molecule is CN=C(NCCNS(=O)(=O)c1cccc(Cl)c1)N(C)CCOCC1CC1.I. The largest absolute Gasteiger partial charge is 0.379 e. The van der Waals surface area contributed by atoms with Crippen molar-refractivity contribution in [2.45, 2.75) is 17.7 Å². The minimum atomic E-state index is -3.58. The van der Waals surface area contributed by atoms with Crippen LogP contribution in [-0.2, 0) is 14.8 Å². The lowest BCUT2D eigenvalue weighted by Gasteiger charge is -2.22. The predicted octanol–water partition coefficient (Wildman–Crippen LogP) is 2.17. The molecular weight excluding hydrogens is 503 g/mol. The molecule has 1 aliphatic rings. The van der Waals surface area contributed by atoms with Crippen molar-refractivity contribution in [1.29, 1.82) is 0 Å². The molecule has 27 heavy (non-hydrogen) atoms. The van der Waals surface area contributed by atoms with Crippen LogP contribution in [0.4, 0.5) is 0 Å². The van der Waals surface area contributed by atoms with Gasteiger partial charge in [-0.15, -0.1) is 24.0 Å². The average molecular weight is 531 g/mol. The van der Waals surface area contributed by atoms with Gasteiger partial charge in [0.25, 0.3) is 0 Å². The summed E-state index contributed by atoms with van der Waals surface area (Å²) < 4.78 is 32.6. The fraction of sp³-hybridized carbons (Fsp3) is 0.588. The van der Waals surface area contributed by atoms with E-state index in [0.29, 0.717) is 24.1 Å². The molecule has 0 spiro atoms. The predicted molar refractivity (Wildman–Crippen MR) is 120 cm³/mol. The van der Waals surface area contributed by atoms with Crippen molar-refractivity contribution in [3.63, 3.8) is 0 Å². The quantitative estimate of drug-likeness (QED) is 0.210. The van der Waals surface area contributed by atoms with E-state index in [1.165, 1.54) is 25.0 Å². The Balaban J connectivity index is 0.00000364. The first kappa shape index (κ1) is 24.4. The van der Waals surface area contributed by atoms with Crippen LogP contribution in [-0.4, -0.2) is 66.2 Å². The molecule has 0 unspecified atom stereocenters. The first-order chi connectivity index (χ1) is 12.4. The van der Waals surface area contributed by atoms with Crippen LogP contribution in [0.3, 0.4) is 0 Å². The first-order valence-electron chi connectivity index (χ1n) is 8.67. The van der Waals surface area contributed by atoms with Crippen molar-refractivity contribution < 1.29 is 13.2 Å². The molecule has 1 saturated carbocycles. The van der Waals surface area contributed by atoms with Crippen molar-refractivity contribution in [3.05, 3.63) is 29.3 Å². The minimum absolute atomic E-state index is 0. The van der Waals surface area contributed by atoms with E-state index in [4.69, 9.17) is 16.3 Å². The lowest BCUT2D eigenvalue weighted by molar-refractivity contribution is 0.115. The van der Waals surface area contributed by atoms with Crippen molar-refractivity contribution in [2.75, 3.05) is 46.9 Å². The Labute approximate surface area is 184 Å². The third-order valence-electron chi connectivity index (χ3n) is 4.00. The number of hydrogen-bond acceptors (Lipinski definition) is 4. The molecule has 0 aromatic heterocycles. The maximum Gasteiger partial charge on any atom is 0.240 e. The van der Waals surface area contributed by atoms with Gasteiger partial charge < -0.3 is 15.0 Å². The molecule has 0 amide bonds. The van der Waals surface area contributed by atoms with Gasteiger partial charge in [-0.05, 0) is 37.0 Å². The van der Waals surface area contributed by atoms with E-state index >= 15 is 0 Å². The van der Waals surface area contributed by atoms with E-state index in [1.807, 2.05) is 11.9 Å². The Hall–Kier alpha value is -0.620. The molecule has 10 heteroatoms. The Morgan fingerprint density at radius 2 is 2.11 bits per heavy atom. The number of guanidine groups is 1. The lowest BCUT2D eigenvalue weighted by Crippen LogP contribution is -2.43. The second-order valence-corrected chi connectivity index (χ2v) is 8.47. The van der Waals surface area contributed by atoms with Crippen LogP contribution in [0.5, 0.6) is 0 Å². The van der Waals surface area contributed by atoms with E-state index in [9.17, 15) is 8.42 Å². The molecular formula is C17H28ClIN4O3S. The zero-order valence-corrected chi connectivity index (χ0v) is 19.6. The van der Waals surface area contributed by atoms with Crippen LogP contribution in [0.1, 0.15) is 12.8 Å². The number of benzene rings is 1. The maximum atomic E-state index is 12.2. The van der Waals surface area contributed by atoms with E-state index in [1.54, 1.807) is 19.2 Å². The molecule has 1 aromatic carbocycles. The molecule has 0 aliphatic heterocycles. The highest BCUT2D eigenvalue weighted by molar-refractivity contribution is 14.0. The summed E-state index contributed by atoms with van der Waals surface area (Å²) >= 11 is 5.84. The summed E-state index contributed by atoms with van der Waals surface area (Å²) in [5, 5.41) is 3.52. The molecule has 2 rings (SSSR count). The van der Waals surface area contributed by atoms with Gasteiger partial charge in [0, 0.05) is 45.4 Å². The van der Waals surface area contributed by atoms with Crippen molar-refractivity contribution in [1.82, 2.24) is 14.9 Å². The second kappa shape index (κ2) is 12.1. The number of aliphatic imine (C=N–C) groups is 1. The van der Waals surface area contributed by atoms with Gasteiger partial charge in [0.2, 0.25) is 10.0 Å². The summed E-state index contributed by atoms with van der Waals surface area (Å²) in [4.78, 5) is 6.31. The number of hydrogen-bond donors (Lipinski definition) is 2. The summed E-state index contributed by atoms with van der Waals surface area (Å²) in [6, 6.07) is 6.18. The molecule has 1 fully saturated rings. The summed E-state index contributed by atoms with van der Waals surface area (Å²) in [6.45, 7) is 2.86. The topological polar surface area (TPSA) is 83.0 Å². The van der Waals surface area contributed by atoms with E-state index in [2.05, 4.69) is 15.0 Å². The van der Waals surface area contributed by atoms with Gasteiger partial charge in [0.1, 0.15) is 0 Å². The molecule has 0 saturated heterocycles. The van der Waals surface area contributed by atoms with Crippen LogP contribution < -0.4 is 10.0 Å². The third-order valence-corrected chi connectivity index (χ3v) is 5.70. The van der Waals surface area contributed by atoms with Gasteiger partial charge in [0.15, 0.2) is 5.96 Å². The highest BCUT2D eigenvalue weighted by Gasteiger charge is 2.21. The van der Waals surface area contributed by atoms with Crippen LogP contribution in [0.25, 0.3) is 0 Å². The monoisotopic (exact) mass is 530 g/mol. The number of nitrogens with one attached hydrogen (secondary N) is 2. The van der Waals surface area contributed by atoms with Gasteiger partial charge in [-0.3, -0.25) is 4.99 Å². The van der Waals surface area contributed by atoms with E-state index < -0.39 is 10.0 Å². The standard InChI is InChI=1S/C17H27ClN4O3S.HI/c1-19-17(22(2)10-11-25-13-14-6-7-14)20-8-9-21-26(23,24)16-5-3-4-15(18)12-16;/h3-5,12,14,21H,6-11,13H2,1-2H3,(H,19,20);1H. The second-order valence-electron chi connectivity index (χ2n) is 6.27. The van der Waals surface area contributed by atoms with Gasteiger partial charge in [-0.25, -0.2) is 13.1 Å². The summed E-state index contributed by atoms with van der Waals surface area (Å²) in [5.74, 6) is 1.45. The Kier molecular flexibility index (Phi) is 10.9. The molecule has 2 N–H and O–H groups in total. The smallest absolute Gasteiger partial charge is 0.240 e. The number of rotatable bonds is 10. The van der Waals surface area contributed by atoms with Gasteiger partial charge >= 0.3 is 0 Å². The van der Waals surface area contributed by atoms with Gasteiger partial charge in [-0.1, -0.05) is 17.7 Å². The van der Waals surface area contributed by atoms with E-state index in [-0.39, 0.29) is 35.4 Å². The molecule has 7 nitrogen and oxygen atoms in total.